The molecule has 1 aliphatic heterocycles. The van der Waals surface area contributed by atoms with E-state index >= 15 is 0 Å². The monoisotopic (exact) mass is 435 g/mol. The Morgan fingerprint density at radius 1 is 1.33 bits per heavy atom. The molecule has 0 saturated heterocycles. The highest BCUT2D eigenvalue weighted by Gasteiger charge is 2.45. The van der Waals surface area contributed by atoms with Gasteiger partial charge in [0.15, 0.2) is 14.6 Å². The number of primary amides is 1. The minimum atomic E-state index is -3.74. The van der Waals surface area contributed by atoms with Crippen molar-refractivity contribution in [3.63, 3.8) is 0 Å². The molecule has 1 amide bonds. The number of hydrogen-bond acceptors (Lipinski definition) is 7. The molecule has 160 valence electrons. The zero-order valence-electron chi connectivity index (χ0n) is 16.8. The number of amides is 1. The lowest BCUT2D eigenvalue weighted by molar-refractivity contribution is -0.121. The molecule has 1 aromatic carbocycles. The van der Waals surface area contributed by atoms with Crippen LogP contribution >= 0.6 is 0 Å². The summed E-state index contributed by atoms with van der Waals surface area (Å²) in [4.78, 5) is 20.9. The van der Waals surface area contributed by atoms with Crippen LogP contribution in [0, 0.1) is 5.82 Å². The summed E-state index contributed by atoms with van der Waals surface area (Å²) in [5, 5.41) is 4.03. The van der Waals surface area contributed by atoms with Gasteiger partial charge in [0.2, 0.25) is 11.8 Å². The summed E-state index contributed by atoms with van der Waals surface area (Å²) in [6.07, 6.45) is 1.68. The Bertz CT molecular complexity index is 1100. The summed E-state index contributed by atoms with van der Waals surface area (Å²) in [5.41, 5.74) is 7.65. The molecule has 2 heterocycles. The number of oxime groups is 1. The fourth-order valence-electron chi connectivity index (χ4n) is 3.17. The number of methoxy groups -OCH3 is 1. The lowest BCUT2D eigenvalue weighted by Gasteiger charge is -2.25. The Hall–Kier alpha value is -3.01. The van der Waals surface area contributed by atoms with Gasteiger partial charge in [0.05, 0.1) is 19.0 Å². The van der Waals surface area contributed by atoms with Crippen molar-refractivity contribution in [2.75, 3.05) is 13.4 Å². The molecule has 10 heteroatoms. The molecular formula is C20H22FN3O5S. The number of benzene rings is 1. The van der Waals surface area contributed by atoms with E-state index in [-0.39, 0.29) is 6.42 Å². The Kier molecular flexibility index (Phi) is 5.80. The summed E-state index contributed by atoms with van der Waals surface area (Å²) in [5.74, 6) is -1.10. The number of nitrogens with zero attached hydrogens (tertiary/aromatic N) is 2. The summed E-state index contributed by atoms with van der Waals surface area (Å²) in [6, 6.07) is 8.48. The molecule has 0 spiro atoms. The van der Waals surface area contributed by atoms with Gasteiger partial charge in [-0.3, -0.25) is 4.79 Å². The van der Waals surface area contributed by atoms with Crippen molar-refractivity contribution in [1.82, 2.24) is 4.98 Å². The van der Waals surface area contributed by atoms with Gasteiger partial charge in [-0.2, -0.15) is 0 Å². The molecule has 8 nitrogen and oxygen atoms in total. The topological polar surface area (TPSA) is 121 Å². The molecule has 0 unspecified atom stereocenters. The Morgan fingerprint density at radius 3 is 2.53 bits per heavy atom. The molecule has 0 radical (unpaired) electrons. The zero-order chi connectivity index (χ0) is 22.1. The maximum Gasteiger partial charge on any atom is 0.238 e. The van der Waals surface area contributed by atoms with E-state index in [4.69, 9.17) is 15.3 Å². The second-order valence-electron chi connectivity index (χ2n) is 7.32. The number of ether oxygens (including phenoxy) is 1. The molecule has 0 saturated carbocycles. The van der Waals surface area contributed by atoms with E-state index in [0.717, 1.165) is 18.0 Å². The maximum absolute atomic E-state index is 14.1. The average Bonchev–Trinajstić information content (AvgIpc) is 3.16. The Balaban J connectivity index is 1.75. The summed E-state index contributed by atoms with van der Waals surface area (Å²) >= 11 is 0. The quantitative estimate of drug-likeness (QED) is 0.711. The summed E-state index contributed by atoms with van der Waals surface area (Å²) in [6.45, 7) is 1.29. The number of aromatic nitrogens is 1. The van der Waals surface area contributed by atoms with Gasteiger partial charge in [0, 0.05) is 30.7 Å². The SMILES string of the molecule is COc1cc(-c2ccc(C3=NO[C@@H](C[C@](C)(C(N)=O)S(C)(=O)=O)C3)cc2)c(F)cn1. The second kappa shape index (κ2) is 8.02. The molecule has 2 aromatic rings. The van der Waals surface area contributed by atoms with E-state index in [1.54, 1.807) is 24.3 Å². The third-order valence-corrected chi connectivity index (χ3v) is 7.26. The summed E-state index contributed by atoms with van der Waals surface area (Å²) < 4.78 is 41.5. The van der Waals surface area contributed by atoms with Crippen LogP contribution < -0.4 is 10.5 Å². The van der Waals surface area contributed by atoms with Gasteiger partial charge >= 0.3 is 0 Å². The number of hydrogen-bond donors (Lipinski definition) is 1. The first-order valence-electron chi connectivity index (χ1n) is 9.07. The van der Waals surface area contributed by atoms with Crippen LogP contribution in [0.25, 0.3) is 11.1 Å². The van der Waals surface area contributed by atoms with E-state index in [1.807, 2.05) is 0 Å². The number of carbonyl (C=O) groups is 1. The van der Waals surface area contributed by atoms with E-state index < -0.39 is 32.4 Å². The molecule has 2 N–H and O–H groups in total. The number of sulfone groups is 1. The molecule has 1 aromatic heterocycles. The molecule has 2 atom stereocenters. The summed E-state index contributed by atoms with van der Waals surface area (Å²) in [7, 11) is -2.28. The predicted molar refractivity (Wildman–Crippen MR) is 109 cm³/mol. The van der Waals surface area contributed by atoms with Crippen LogP contribution in [-0.2, 0) is 19.5 Å². The smallest absolute Gasteiger partial charge is 0.238 e. The number of carbonyl (C=O) groups excluding carboxylic acids is 1. The van der Waals surface area contributed by atoms with Crippen LogP contribution in [0.5, 0.6) is 5.88 Å². The van der Waals surface area contributed by atoms with Crippen molar-refractivity contribution < 1.29 is 27.2 Å². The fourth-order valence-corrected chi connectivity index (χ4v) is 4.03. The van der Waals surface area contributed by atoms with Crippen LogP contribution in [0.4, 0.5) is 4.39 Å². The Morgan fingerprint density at radius 2 is 1.97 bits per heavy atom. The van der Waals surface area contributed by atoms with Crippen molar-refractivity contribution in [2.24, 2.45) is 10.9 Å². The van der Waals surface area contributed by atoms with Gasteiger partial charge in [-0.15, -0.1) is 0 Å². The number of nitrogens with two attached hydrogens (primary N) is 1. The first kappa shape index (κ1) is 21.7. The lowest BCUT2D eigenvalue weighted by Crippen LogP contribution is -2.49. The van der Waals surface area contributed by atoms with Crippen LogP contribution in [0.1, 0.15) is 25.3 Å². The van der Waals surface area contributed by atoms with Gasteiger partial charge in [-0.1, -0.05) is 29.4 Å². The van der Waals surface area contributed by atoms with Crippen LogP contribution in [-0.4, -0.2) is 49.2 Å². The van der Waals surface area contributed by atoms with Gasteiger partial charge in [-0.05, 0) is 18.1 Å². The van der Waals surface area contributed by atoms with Crippen LogP contribution in [0.15, 0.2) is 41.7 Å². The van der Waals surface area contributed by atoms with E-state index in [2.05, 4.69) is 10.1 Å². The molecule has 0 bridgehead atoms. The van der Waals surface area contributed by atoms with Crippen LogP contribution in [0.2, 0.25) is 0 Å². The largest absolute Gasteiger partial charge is 0.481 e. The molecule has 0 fully saturated rings. The van der Waals surface area contributed by atoms with Gasteiger partial charge < -0.3 is 15.3 Å². The van der Waals surface area contributed by atoms with Gasteiger partial charge in [0.25, 0.3) is 0 Å². The molecule has 0 aliphatic carbocycles. The van der Waals surface area contributed by atoms with E-state index in [9.17, 15) is 17.6 Å². The first-order valence-corrected chi connectivity index (χ1v) is 11.0. The second-order valence-corrected chi connectivity index (χ2v) is 9.77. The lowest BCUT2D eigenvalue weighted by atomic mass is 9.96. The fraction of sp³-hybridized carbons (Fsp3) is 0.350. The molecule has 1 aliphatic rings. The van der Waals surface area contributed by atoms with Crippen molar-refractivity contribution in [2.45, 2.75) is 30.6 Å². The predicted octanol–water partition coefficient (Wildman–Crippen LogP) is 2.07. The minimum absolute atomic E-state index is 0.103. The molecule has 3 rings (SSSR count). The normalized spacial score (nSPS) is 18.3. The number of pyridine rings is 1. The van der Waals surface area contributed by atoms with Gasteiger partial charge in [0.1, 0.15) is 11.9 Å². The highest BCUT2D eigenvalue weighted by Crippen LogP contribution is 2.30. The highest BCUT2D eigenvalue weighted by atomic mass is 32.2. The first-order chi connectivity index (χ1) is 14.0. The van der Waals surface area contributed by atoms with E-state index in [1.165, 1.54) is 20.1 Å². The van der Waals surface area contributed by atoms with E-state index in [0.29, 0.717) is 29.1 Å². The third kappa shape index (κ3) is 4.13. The number of rotatable bonds is 7. The zero-order valence-corrected chi connectivity index (χ0v) is 17.6. The molecular weight excluding hydrogens is 413 g/mol. The van der Waals surface area contributed by atoms with Crippen molar-refractivity contribution in [3.8, 4) is 17.0 Å². The molecule has 30 heavy (non-hydrogen) atoms. The highest BCUT2D eigenvalue weighted by molar-refractivity contribution is 7.92. The maximum atomic E-state index is 14.1. The number of halogens is 1. The standard InChI is InChI=1S/C20H22FN3O5S/c1-20(19(22)25,30(3,26)27)10-14-8-17(24-29-14)13-6-4-12(5-7-13)15-9-18(28-2)23-11-16(15)21/h4-7,9,11,14H,8,10H2,1-3H3,(H2,22,25)/t14-,20-/m1/s1. The third-order valence-electron chi connectivity index (χ3n) is 5.26. The van der Waals surface area contributed by atoms with Crippen molar-refractivity contribution >= 4 is 21.5 Å². The van der Waals surface area contributed by atoms with Crippen molar-refractivity contribution in [3.05, 3.63) is 47.9 Å². The van der Waals surface area contributed by atoms with Crippen molar-refractivity contribution in [1.29, 1.82) is 0 Å². The average molecular weight is 435 g/mol. The van der Waals surface area contributed by atoms with Crippen LogP contribution in [0.3, 0.4) is 0 Å². The minimum Gasteiger partial charge on any atom is -0.481 e. The van der Waals surface area contributed by atoms with Gasteiger partial charge in [-0.25, -0.2) is 17.8 Å². The Labute approximate surface area is 173 Å².